The maximum atomic E-state index is 5.32. The molecule has 15 heavy (non-hydrogen) atoms. The first-order chi connectivity index (χ1) is 7.38. The first-order valence-electron chi connectivity index (χ1n) is 5.84. The molecule has 1 aliphatic rings. The number of rotatable bonds is 7. The zero-order valence-corrected chi connectivity index (χ0v) is 9.41. The summed E-state index contributed by atoms with van der Waals surface area (Å²) in [5.41, 5.74) is 1.37. The molecule has 1 fully saturated rings. The summed E-state index contributed by atoms with van der Waals surface area (Å²) in [6.07, 6.45) is 7.04. The summed E-state index contributed by atoms with van der Waals surface area (Å²) >= 11 is 0. The highest BCUT2D eigenvalue weighted by Crippen LogP contribution is 2.19. The van der Waals surface area contributed by atoms with Crippen LogP contribution in [0.3, 0.4) is 0 Å². The van der Waals surface area contributed by atoms with E-state index in [1.807, 2.05) is 6.92 Å². The molecule has 1 aliphatic carbocycles. The Morgan fingerprint density at radius 1 is 1.53 bits per heavy atom. The van der Waals surface area contributed by atoms with Crippen LogP contribution in [0.5, 0.6) is 0 Å². The molecule has 2 rings (SSSR count). The largest absolute Gasteiger partial charge is 0.380 e. The van der Waals surface area contributed by atoms with E-state index in [0.29, 0.717) is 0 Å². The Balaban J connectivity index is 1.70. The highest BCUT2D eigenvalue weighted by molar-refractivity contribution is 5.10. The molecule has 0 saturated heterocycles. The number of hydrogen-bond acceptors (Lipinski definition) is 2. The van der Waals surface area contributed by atoms with E-state index in [9.17, 15) is 0 Å². The Hall–Kier alpha value is -0.800. The van der Waals surface area contributed by atoms with Gasteiger partial charge < -0.3 is 14.6 Å². The smallest absolute Gasteiger partial charge is 0.0645 e. The van der Waals surface area contributed by atoms with Crippen molar-refractivity contribution in [3.8, 4) is 0 Å². The Morgan fingerprint density at radius 3 is 3.13 bits per heavy atom. The van der Waals surface area contributed by atoms with Gasteiger partial charge in [0, 0.05) is 38.1 Å². The van der Waals surface area contributed by atoms with E-state index in [1.165, 1.54) is 18.4 Å². The third-order valence-electron chi connectivity index (χ3n) is 2.68. The summed E-state index contributed by atoms with van der Waals surface area (Å²) < 4.78 is 7.51. The SMILES string of the molecule is CCOCCn1ccc(CNC2CC2)c1. The van der Waals surface area contributed by atoms with Gasteiger partial charge in [-0.25, -0.2) is 0 Å². The summed E-state index contributed by atoms with van der Waals surface area (Å²) in [4.78, 5) is 0. The fraction of sp³-hybridized carbons (Fsp3) is 0.667. The molecule has 1 saturated carbocycles. The lowest BCUT2D eigenvalue weighted by Crippen LogP contribution is -2.14. The van der Waals surface area contributed by atoms with Crippen molar-refractivity contribution in [1.29, 1.82) is 0 Å². The second-order valence-corrected chi connectivity index (χ2v) is 4.11. The number of ether oxygens (including phenoxy) is 1. The fourth-order valence-corrected chi connectivity index (χ4v) is 1.60. The Kier molecular flexibility index (Phi) is 3.80. The predicted molar refractivity (Wildman–Crippen MR) is 60.8 cm³/mol. The molecule has 1 aromatic rings. The summed E-state index contributed by atoms with van der Waals surface area (Å²) in [5.74, 6) is 0. The van der Waals surface area contributed by atoms with Crippen LogP contribution in [0, 0.1) is 0 Å². The molecule has 0 amide bonds. The van der Waals surface area contributed by atoms with E-state index in [4.69, 9.17) is 4.74 Å². The lowest BCUT2D eigenvalue weighted by molar-refractivity contribution is 0.139. The molecule has 3 heteroatoms. The first kappa shape index (κ1) is 10.7. The summed E-state index contributed by atoms with van der Waals surface area (Å²) in [6.45, 7) is 5.60. The van der Waals surface area contributed by atoms with Crippen molar-refractivity contribution in [3.05, 3.63) is 24.0 Å². The Labute approximate surface area is 91.4 Å². The van der Waals surface area contributed by atoms with E-state index in [2.05, 4.69) is 28.3 Å². The molecule has 3 nitrogen and oxygen atoms in total. The van der Waals surface area contributed by atoms with E-state index in [-0.39, 0.29) is 0 Å². The summed E-state index contributed by atoms with van der Waals surface area (Å²) in [5, 5.41) is 3.51. The third kappa shape index (κ3) is 3.68. The zero-order valence-electron chi connectivity index (χ0n) is 9.41. The minimum Gasteiger partial charge on any atom is -0.380 e. The lowest BCUT2D eigenvalue weighted by atomic mass is 10.3. The number of aromatic nitrogens is 1. The molecule has 84 valence electrons. The van der Waals surface area contributed by atoms with E-state index >= 15 is 0 Å². The van der Waals surface area contributed by atoms with Gasteiger partial charge in [-0.3, -0.25) is 0 Å². The maximum Gasteiger partial charge on any atom is 0.0645 e. The first-order valence-corrected chi connectivity index (χ1v) is 5.84. The molecule has 1 heterocycles. The second-order valence-electron chi connectivity index (χ2n) is 4.11. The van der Waals surface area contributed by atoms with Gasteiger partial charge in [-0.2, -0.15) is 0 Å². The van der Waals surface area contributed by atoms with Gasteiger partial charge in [0.1, 0.15) is 0 Å². The minimum atomic E-state index is 0.789. The van der Waals surface area contributed by atoms with Crippen LogP contribution in [-0.4, -0.2) is 23.8 Å². The molecule has 0 aromatic carbocycles. The van der Waals surface area contributed by atoms with Crippen molar-refractivity contribution < 1.29 is 4.74 Å². The normalized spacial score (nSPS) is 15.8. The summed E-state index contributed by atoms with van der Waals surface area (Å²) in [7, 11) is 0. The topological polar surface area (TPSA) is 26.2 Å². The molecule has 1 aromatic heterocycles. The molecular formula is C12H20N2O. The van der Waals surface area contributed by atoms with Crippen LogP contribution in [-0.2, 0) is 17.8 Å². The van der Waals surface area contributed by atoms with Crippen molar-refractivity contribution in [1.82, 2.24) is 9.88 Å². The molecule has 1 N–H and O–H groups in total. The van der Waals surface area contributed by atoms with Crippen LogP contribution in [0.4, 0.5) is 0 Å². The predicted octanol–water partition coefficient (Wildman–Crippen LogP) is 1.78. The van der Waals surface area contributed by atoms with E-state index in [1.54, 1.807) is 0 Å². The van der Waals surface area contributed by atoms with Crippen molar-refractivity contribution >= 4 is 0 Å². The van der Waals surface area contributed by atoms with Gasteiger partial charge in [0.25, 0.3) is 0 Å². The molecule has 0 spiro atoms. The van der Waals surface area contributed by atoms with Gasteiger partial charge in [0.2, 0.25) is 0 Å². The van der Waals surface area contributed by atoms with Crippen LogP contribution in [0.15, 0.2) is 18.5 Å². The average Bonchev–Trinajstić information content (AvgIpc) is 2.97. The van der Waals surface area contributed by atoms with Gasteiger partial charge in [0.05, 0.1) is 6.61 Å². The van der Waals surface area contributed by atoms with E-state index < -0.39 is 0 Å². The standard InChI is InChI=1S/C12H20N2O/c1-2-15-8-7-14-6-5-11(10-14)9-13-12-3-4-12/h5-6,10,12-13H,2-4,7-9H2,1H3. The quantitative estimate of drug-likeness (QED) is 0.691. The van der Waals surface area contributed by atoms with E-state index in [0.717, 1.165) is 32.3 Å². The van der Waals surface area contributed by atoms with Crippen LogP contribution < -0.4 is 5.32 Å². The van der Waals surface area contributed by atoms with Gasteiger partial charge in [-0.15, -0.1) is 0 Å². The minimum absolute atomic E-state index is 0.789. The number of nitrogens with zero attached hydrogens (tertiary/aromatic N) is 1. The molecule has 0 aliphatic heterocycles. The lowest BCUT2D eigenvalue weighted by Gasteiger charge is -2.02. The van der Waals surface area contributed by atoms with Crippen molar-refractivity contribution in [2.75, 3.05) is 13.2 Å². The Morgan fingerprint density at radius 2 is 2.40 bits per heavy atom. The summed E-state index contributed by atoms with van der Waals surface area (Å²) in [6, 6.07) is 2.97. The highest BCUT2D eigenvalue weighted by Gasteiger charge is 2.19. The van der Waals surface area contributed by atoms with Crippen molar-refractivity contribution in [2.45, 2.75) is 38.9 Å². The average molecular weight is 208 g/mol. The van der Waals surface area contributed by atoms with Crippen molar-refractivity contribution in [2.24, 2.45) is 0 Å². The van der Waals surface area contributed by atoms with Crippen LogP contribution in [0.1, 0.15) is 25.3 Å². The van der Waals surface area contributed by atoms with Crippen LogP contribution in [0.25, 0.3) is 0 Å². The molecular weight excluding hydrogens is 188 g/mol. The van der Waals surface area contributed by atoms with Crippen molar-refractivity contribution in [3.63, 3.8) is 0 Å². The van der Waals surface area contributed by atoms with Crippen LogP contribution in [0.2, 0.25) is 0 Å². The van der Waals surface area contributed by atoms with Gasteiger partial charge in [-0.1, -0.05) is 0 Å². The number of hydrogen-bond donors (Lipinski definition) is 1. The van der Waals surface area contributed by atoms with Gasteiger partial charge >= 0.3 is 0 Å². The maximum absolute atomic E-state index is 5.32. The molecule has 0 unspecified atom stereocenters. The van der Waals surface area contributed by atoms with Gasteiger partial charge in [0.15, 0.2) is 0 Å². The highest BCUT2D eigenvalue weighted by atomic mass is 16.5. The molecule has 0 bridgehead atoms. The third-order valence-corrected chi connectivity index (χ3v) is 2.68. The Bertz CT molecular complexity index is 292. The van der Waals surface area contributed by atoms with Crippen LogP contribution >= 0.6 is 0 Å². The molecule has 0 atom stereocenters. The monoisotopic (exact) mass is 208 g/mol. The molecule has 0 radical (unpaired) electrons. The van der Waals surface area contributed by atoms with Gasteiger partial charge in [-0.05, 0) is 31.4 Å². The second kappa shape index (κ2) is 5.33. The fourth-order valence-electron chi connectivity index (χ4n) is 1.60. The zero-order chi connectivity index (χ0) is 10.5. The number of nitrogens with one attached hydrogen (secondary N) is 1.